The third-order valence-corrected chi connectivity index (χ3v) is 10.7. The van der Waals surface area contributed by atoms with Crippen LogP contribution >= 0.6 is 0 Å². The molecule has 34 heavy (non-hydrogen) atoms. The first-order valence-electron chi connectivity index (χ1n) is 11.8. The maximum atomic E-state index is 4.18. The summed E-state index contributed by atoms with van der Waals surface area (Å²) in [6.45, 7) is 5.15. The van der Waals surface area contributed by atoms with Crippen LogP contribution in [0.1, 0.15) is 0 Å². The molecule has 4 aromatic carbocycles. The summed E-state index contributed by atoms with van der Waals surface area (Å²) < 4.78 is 2.20. The lowest BCUT2D eigenvalue weighted by Gasteiger charge is -2.29. The average molecular weight is 458 g/mol. The highest BCUT2D eigenvalue weighted by atomic mass is 28.3. The van der Waals surface area contributed by atoms with E-state index in [1.165, 1.54) is 21.3 Å². The quantitative estimate of drug-likeness (QED) is 0.348. The Kier molecular flexibility index (Phi) is 7.95. The van der Waals surface area contributed by atoms with Crippen LogP contribution < -0.4 is 21.3 Å². The van der Waals surface area contributed by atoms with Gasteiger partial charge in [-0.1, -0.05) is 156 Å². The molecule has 1 aromatic heterocycles. The van der Waals surface area contributed by atoms with Crippen LogP contribution in [0.25, 0.3) is 0 Å². The number of nitrogens with zero attached hydrogens (tertiary/aromatic N) is 2. The van der Waals surface area contributed by atoms with Gasteiger partial charge in [-0.3, -0.25) is 0 Å². The van der Waals surface area contributed by atoms with Gasteiger partial charge in [0.05, 0.1) is 6.33 Å². The van der Waals surface area contributed by atoms with E-state index in [2.05, 4.69) is 150 Å². The summed E-state index contributed by atoms with van der Waals surface area (Å²) in [7, 11) is -1.78. The Morgan fingerprint density at radius 1 is 0.647 bits per heavy atom. The molecule has 0 N–H and O–H groups in total. The molecular formula is C30H31BN2Si. The van der Waals surface area contributed by atoms with E-state index in [-0.39, 0.29) is 0 Å². The van der Waals surface area contributed by atoms with Crippen molar-refractivity contribution >= 4 is 36.1 Å². The van der Waals surface area contributed by atoms with Gasteiger partial charge in [0.1, 0.15) is 8.07 Å². The molecule has 0 saturated heterocycles. The predicted molar refractivity (Wildman–Crippen MR) is 150 cm³/mol. The van der Waals surface area contributed by atoms with Crippen molar-refractivity contribution in [2.75, 3.05) is 0 Å². The van der Waals surface area contributed by atoms with Crippen LogP contribution in [0.3, 0.4) is 0 Å². The molecule has 5 rings (SSSR count). The smallest absolute Gasteiger partial charge is 0.206 e. The Morgan fingerprint density at radius 3 is 1.44 bits per heavy atom. The maximum absolute atomic E-state index is 4.18. The zero-order valence-corrected chi connectivity index (χ0v) is 21.0. The number of hydrogen-bond donors (Lipinski definition) is 0. The van der Waals surface area contributed by atoms with Crippen LogP contribution in [0, 0.1) is 0 Å². The standard InChI is InChI=1S/C17H18N2Si.C13H13B/c1-20(15-19-13-12-18-14-19,16-8-4-2-5-9-16)17-10-6-3-7-11-17;1-14(12-8-4-2-5-9-12)13-10-6-3-7-11-13/h2-14H,15H2,1H3;2-11H,1H3. The topological polar surface area (TPSA) is 17.8 Å². The van der Waals surface area contributed by atoms with Crippen molar-refractivity contribution in [2.24, 2.45) is 0 Å². The molecule has 2 nitrogen and oxygen atoms in total. The molecule has 0 unspecified atom stereocenters. The molecule has 5 aromatic rings. The molecule has 0 atom stereocenters. The molecule has 0 aliphatic heterocycles. The fourth-order valence-corrected chi connectivity index (χ4v) is 7.85. The predicted octanol–water partition coefficient (Wildman–Crippen LogP) is 4.24. The SMILES string of the molecule is CB(c1ccccc1)c1ccccc1.C[Si](Cn1ccnc1)(c1ccccc1)c1ccccc1. The highest BCUT2D eigenvalue weighted by Gasteiger charge is 2.32. The van der Waals surface area contributed by atoms with Crippen LogP contribution in [-0.2, 0) is 6.17 Å². The minimum absolute atomic E-state index is 0.484. The molecule has 0 bridgehead atoms. The Labute approximate surface area is 205 Å². The van der Waals surface area contributed by atoms with Gasteiger partial charge in [-0.05, 0) is 0 Å². The first kappa shape index (κ1) is 23.5. The van der Waals surface area contributed by atoms with Crippen molar-refractivity contribution in [1.29, 1.82) is 0 Å². The van der Waals surface area contributed by atoms with Gasteiger partial charge in [-0.15, -0.1) is 0 Å². The molecule has 168 valence electrons. The highest BCUT2D eigenvalue weighted by Crippen LogP contribution is 2.09. The Balaban J connectivity index is 0.000000172. The maximum Gasteiger partial charge on any atom is 0.206 e. The van der Waals surface area contributed by atoms with Gasteiger partial charge in [0.2, 0.25) is 6.71 Å². The summed E-state index contributed by atoms with van der Waals surface area (Å²) in [6.07, 6.45) is 6.83. The summed E-state index contributed by atoms with van der Waals surface area (Å²) >= 11 is 0. The molecule has 0 aliphatic carbocycles. The minimum atomic E-state index is -1.78. The monoisotopic (exact) mass is 458 g/mol. The van der Waals surface area contributed by atoms with Crippen LogP contribution in [0.2, 0.25) is 13.4 Å². The molecule has 0 radical (unpaired) electrons. The van der Waals surface area contributed by atoms with E-state index in [1.54, 1.807) is 0 Å². The largest absolute Gasteiger partial charge is 0.340 e. The molecule has 0 spiro atoms. The van der Waals surface area contributed by atoms with E-state index in [4.69, 9.17) is 0 Å². The second-order valence-electron chi connectivity index (χ2n) is 8.84. The Bertz CT molecular complexity index is 1150. The number of hydrogen-bond acceptors (Lipinski definition) is 1. The molecular weight excluding hydrogens is 427 g/mol. The number of imidazole rings is 1. The van der Waals surface area contributed by atoms with E-state index in [0.29, 0.717) is 6.71 Å². The molecule has 0 fully saturated rings. The molecule has 1 heterocycles. The van der Waals surface area contributed by atoms with E-state index in [9.17, 15) is 0 Å². The van der Waals surface area contributed by atoms with Crippen LogP contribution in [0.4, 0.5) is 0 Å². The zero-order chi connectivity index (χ0) is 23.6. The molecule has 0 amide bonds. The normalized spacial score (nSPS) is 10.8. The number of rotatable bonds is 6. The Morgan fingerprint density at radius 2 is 1.06 bits per heavy atom. The molecule has 4 heteroatoms. The van der Waals surface area contributed by atoms with E-state index in [0.717, 1.165) is 6.17 Å². The van der Waals surface area contributed by atoms with Gasteiger partial charge >= 0.3 is 0 Å². The van der Waals surface area contributed by atoms with Crippen molar-refractivity contribution in [3.8, 4) is 0 Å². The summed E-state index contributed by atoms with van der Waals surface area (Å²) in [5.74, 6) is 0. The van der Waals surface area contributed by atoms with Crippen LogP contribution in [-0.4, -0.2) is 24.3 Å². The van der Waals surface area contributed by atoms with E-state index in [1.807, 2.05) is 12.5 Å². The second-order valence-corrected chi connectivity index (χ2v) is 13.0. The number of benzene rings is 4. The van der Waals surface area contributed by atoms with Gasteiger partial charge in [0.15, 0.2) is 0 Å². The van der Waals surface area contributed by atoms with E-state index >= 15 is 0 Å². The summed E-state index contributed by atoms with van der Waals surface area (Å²) in [5, 5.41) is 2.92. The summed E-state index contributed by atoms with van der Waals surface area (Å²) in [6, 6.07) is 42.9. The first-order chi connectivity index (χ1) is 16.7. The van der Waals surface area contributed by atoms with Gasteiger partial charge in [-0.25, -0.2) is 4.98 Å². The van der Waals surface area contributed by atoms with Crippen molar-refractivity contribution < 1.29 is 0 Å². The van der Waals surface area contributed by atoms with Gasteiger partial charge in [0, 0.05) is 18.6 Å². The fraction of sp³-hybridized carbons (Fsp3) is 0.100. The van der Waals surface area contributed by atoms with Crippen molar-refractivity contribution in [3.05, 3.63) is 140 Å². The zero-order valence-electron chi connectivity index (χ0n) is 20.0. The van der Waals surface area contributed by atoms with Crippen LogP contribution in [0.15, 0.2) is 140 Å². The van der Waals surface area contributed by atoms with Gasteiger partial charge in [0.25, 0.3) is 0 Å². The lowest BCUT2D eigenvalue weighted by molar-refractivity contribution is 0.858. The highest BCUT2D eigenvalue weighted by molar-refractivity contribution is 7.00. The van der Waals surface area contributed by atoms with Crippen LogP contribution in [0.5, 0.6) is 0 Å². The fourth-order valence-electron chi connectivity index (χ4n) is 4.38. The van der Waals surface area contributed by atoms with Crippen molar-refractivity contribution in [3.63, 3.8) is 0 Å². The lowest BCUT2D eigenvalue weighted by atomic mass is 9.43. The Hall–Kier alpha value is -3.63. The third-order valence-electron chi connectivity index (χ3n) is 6.48. The number of aromatic nitrogens is 2. The van der Waals surface area contributed by atoms with E-state index < -0.39 is 8.07 Å². The van der Waals surface area contributed by atoms with Gasteiger partial charge < -0.3 is 4.57 Å². The van der Waals surface area contributed by atoms with Crippen molar-refractivity contribution in [2.45, 2.75) is 19.5 Å². The minimum Gasteiger partial charge on any atom is -0.340 e. The average Bonchev–Trinajstić information content (AvgIpc) is 3.43. The molecule has 0 aliphatic rings. The van der Waals surface area contributed by atoms with Gasteiger partial charge in [-0.2, -0.15) is 0 Å². The third kappa shape index (κ3) is 5.83. The summed E-state index contributed by atoms with van der Waals surface area (Å²) in [5.41, 5.74) is 2.75. The second kappa shape index (κ2) is 11.5. The first-order valence-corrected chi connectivity index (χ1v) is 14.5. The lowest BCUT2D eigenvalue weighted by Crippen LogP contribution is -2.58. The van der Waals surface area contributed by atoms with Crippen molar-refractivity contribution in [1.82, 2.24) is 9.55 Å². The molecule has 0 saturated carbocycles. The summed E-state index contributed by atoms with van der Waals surface area (Å²) in [4.78, 5) is 4.18.